The Bertz CT molecular complexity index is 1660. The highest BCUT2D eigenvalue weighted by Gasteiger charge is 2.60. The SMILES string of the molecule is CC[C@H]1CCC[C@H](O[C@H]2CC[C@H](N(C)C)C(C)O2)[C@@H](C)C(=O)C2=C[C@H]3[C@@H]4C[C@H](O[C@@H]5OC(C)[C@H](OC)C(OC)[C@@H]5OC)C[C@H]4[C@@H](O)[C@H](N[C@@H](C)c4ccccc4)[C@H]3[C@@H]2CC(=O)O1. The number of allylic oxidation sites excluding steroid dienone is 2. The lowest BCUT2D eigenvalue weighted by Gasteiger charge is -2.48. The van der Waals surface area contributed by atoms with E-state index in [1.807, 2.05) is 32.0 Å². The highest BCUT2D eigenvalue weighted by atomic mass is 16.7. The highest BCUT2D eigenvalue weighted by Crippen LogP contribution is 2.57. The fraction of sp³-hybridized carbons (Fsp3) is 0.796. The topological polar surface area (TPSA) is 143 Å². The number of hydrogen-bond acceptors (Lipinski definition) is 13. The molecule has 3 unspecified atom stereocenters. The molecule has 7 rings (SSSR count). The monoisotopic (exact) mass is 869 g/mol. The van der Waals surface area contributed by atoms with E-state index >= 15 is 4.79 Å². The lowest BCUT2D eigenvalue weighted by molar-refractivity contribution is -0.314. The molecular weight excluding hydrogens is 793 g/mol. The van der Waals surface area contributed by atoms with E-state index in [2.05, 4.69) is 63.3 Å². The second kappa shape index (κ2) is 20.9. The van der Waals surface area contributed by atoms with Crippen molar-refractivity contribution < 1.29 is 52.6 Å². The van der Waals surface area contributed by atoms with E-state index in [0.29, 0.717) is 43.7 Å². The molecule has 3 heterocycles. The molecule has 0 spiro atoms. The first kappa shape index (κ1) is 47.7. The van der Waals surface area contributed by atoms with Crippen LogP contribution in [0, 0.1) is 35.5 Å². The van der Waals surface area contributed by atoms with Crippen LogP contribution in [0.15, 0.2) is 42.0 Å². The third-order valence-corrected chi connectivity index (χ3v) is 15.6. The predicted octanol–water partition coefficient (Wildman–Crippen LogP) is 6.01. The van der Waals surface area contributed by atoms with E-state index in [9.17, 15) is 9.90 Å². The number of esters is 1. The number of aliphatic hydroxyl groups is 1. The van der Waals surface area contributed by atoms with Crippen molar-refractivity contribution in [1.29, 1.82) is 0 Å². The summed E-state index contributed by atoms with van der Waals surface area (Å²) in [5.74, 6) is -1.72. The van der Waals surface area contributed by atoms with Gasteiger partial charge in [0.15, 0.2) is 18.4 Å². The molecule has 62 heavy (non-hydrogen) atoms. The maximum absolute atomic E-state index is 15.2. The number of nitrogens with zero attached hydrogens (tertiary/aromatic N) is 1. The number of likely N-dealkylation sites (N-methyl/N-ethyl adjacent to an activating group) is 1. The molecule has 3 aliphatic carbocycles. The van der Waals surface area contributed by atoms with Gasteiger partial charge in [0.1, 0.15) is 24.4 Å². The Morgan fingerprint density at radius 3 is 2.24 bits per heavy atom. The number of carbonyl (C=O) groups is 2. The standard InChI is InChI=1S/C49H76N2O11/c1-11-31-18-15-19-39(62-41-21-20-38(51(6)7)28(4)58-41)26(2)44(53)37-24-34-33-22-32(61-49-48(57-10)47(56-9)46(55-8)29(5)59-49)23-36(33)45(54)43(42(34)35(37)25-40(52)60-31)50-27(3)30-16-13-12-14-17-30/h12-14,16-17,24,26-29,31-36,38-39,41-43,45-50,54H,11,15,18-23,25H2,1-10H3/t26-,27+,28?,29?,31+,32+,33+,34+,35-,36-,38+,39+,41+,42-,43-,45-,46+,47?,48+,49+/m1/s1. The van der Waals surface area contributed by atoms with Crippen LogP contribution < -0.4 is 5.32 Å². The molecule has 3 saturated heterocycles. The number of methoxy groups -OCH3 is 3. The van der Waals surface area contributed by atoms with Crippen molar-refractivity contribution in [2.24, 2.45) is 35.5 Å². The Hall–Kier alpha value is -2.30. The van der Waals surface area contributed by atoms with E-state index in [-0.39, 0.29) is 84.5 Å². The minimum Gasteiger partial charge on any atom is -0.462 e. The lowest BCUT2D eigenvalue weighted by Crippen LogP contribution is -2.59. The maximum Gasteiger partial charge on any atom is 0.306 e. The van der Waals surface area contributed by atoms with Crippen LogP contribution in [-0.2, 0) is 47.5 Å². The molecule has 1 aromatic carbocycles. The second-order valence-electron chi connectivity index (χ2n) is 19.4. The van der Waals surface area contributed by atoms with Gasteiger partial charge in [-0.25, -0.2) is 0 Å². The summed E-state index contributed by atoms with van der Waals surface area (Å²) in [6.45, 7) is 10.2. The van der Waals surface area contributed by atoms with Crippen molar-refractivity contribution >= 4 is 11.8 Å². The summed E-state index contributed by atoms with van der Waals surface area (Å²) < 4.78 is 50.3. The Kier molecular flexibility index (Phi) is 16.1. The number of nitrogens with one attached hydrogen (secondary N) is 1. The van der Waals surface area contributed by atoms with Crippen LogP contribution in [0.25, 0.3) is 0 Å². The molecule has 5 fully saturated rings. The van der Waals surface area contributed by atoms with Gasteiger partial charge in [0.2, 0.25) is 0 Å². The highest BCUT2D eigenvalue weighted by molar-refractivity contribution is 5.99. The number of Topliss-reactive ketones (excluding diaryl/α,β-unsaturated/α-hetero) is 1. The number of ether oxygens (including phenoxy) is 8. The van der Waals surface area contributed by atoms with Crippen molar-refractivity contribution in [2.75, 3.05) is 35.4 Å². The van der Waals surface area contributed by atoms with Gasteiger partial charge in [0.05, 0.1) is 36.9 Å². The average Bonchev–Trinajstić information content (AvgIpc) is 3.85. The van der Waals surface area contributed by atoms with Gasteiger partial charge in [-0.1, -0.05) is 50.3 Å². The third-order valence-electron chi connectivity index (χ3n) is 15.6. The Morgan fingerprint density at radius 1 is 0.871 bits per heavy atom. The van der Waals surface area contributed by atoms with E-state index in [4.69, 9.17) is 37.9 Å². The molecular formula is C49H76N2O11. The van der Waals surface area contributed by atoms with Gasteiger partial charge < -0.3 is 53.2 Å². The molecule has 2 saturated carbocycles. The number of hydrogen-bond donors (Lipinski definition) is 2. The van der Waals surface area contributed by atoms with Gasteiger partial charge in [-0.3, -0.25) is 9.59 Å². The number of aliphatic hydroxyl groups excluding tert-OH is 1. The van der Waals surface area contributed by atoms with E-state index in [1.165, 1.54) is 0 Å². The van der Waals surface area contributed by atoms with Gasteiger partial charge in [-0.2, -0.15) is 0 Å². The van der Waals surface area contributed by atoms with Crippen LogP contribution in [0.2, 0.25) is 0 Å². The third kappa shape index (κ3) is 9.93. The number of fused-ring (bicyclic) bond motifs is 5. The summed E-state index contributed by atoms with van der Waals surface area (Å²) in [5, 5.41) is 16.5. The van der Waals surface area contributed by atoms with Crippen molar-refractivity contribution in [2.45, 2.75) is 178 Å². The number of cyclic esters (lactones) is 1. The fourth-order valence-corrected chi connectivity index (χ4v) is 12.4. The first-order chi connectivity index (χ1) is 29.8. The fourth-order valence-electron chi connectivity index (χ4n) is 12.4. The Balaban J connectivity index is 1.21. The molecule has 0 bridgehead atoms. The number of carbonyl (C=O) groups excluding carboxylic acids is 2. The average molecular weight is 869 g/mol. The summed E-state index contributed by atoms with van der Waals surface area (Å²) in [6.07, 6.45) is 3.67. The zero-order chi connectivity index (χ0) is 44.4. The van der Waals surface area contributed by atoms with Crippen LogP contribution in [0.5, 0.6) is 0 Å². The van der Waals surface area contributed by atoms with Crippen LogP contribution in [-0.4, -0.2) is 137 Å². The van der Waals surface area contributed by atoms with Crippen molar-refractivity contribution in [3.05, 3.63) is 47.5 Å². The summed E-state index contributed by atoms with van der Waals surface area (Å²) in [7, 11) is 9.08. The molecule has 348 valence electrons. The molecule has 13 heteroatoms. The summed E-state index contributed by atoms with van der Waals surface area (Å²) in [5.41, 5.74) is 1.75. The first-order valence-electron chi connectivity index (χ1n) is 23.6. The zero-order valence-corrected chi connectivity index (χ0v) is 38.9. The maximum atomic E-state index is 15.2. The van der Waals surface area contributed by atoms with Gasteiger partial charge >= 0.3 is 5.97 Å². The molecule has 13 nitrogen and oxygen atoms in total. The molecule has 3 aliphatic heterocycles. The van der Waals surface area contributed by atoms with Crippen molar-refractivity contribution in [1.82, 2.24) is 10.2 Å². The van der Waals surface area contributed by atoms with Gasteiger partial charge in [-0.05, 0) is 121 Å². The summed E-state index contributed by atoms with van der Waals surface area (Å²) in [4.78, 5) is 31.5. The van der Waals surface area contributed by atoms with Crippen LogP contribution in [0.3, 0.4) is 0 Å². The van der Waals surface area contributed by atoms with Gasteiger partial charge in [0.25, 0.3) is 0 Å². The molecule has 1 aromatic rings. The summed E-state index contributed by atoms with van der Waals surface area (Å²) >= 11 is 0. The smallest absolute Gasteiger partial charge is 0.306 e. The van der Waals surface area contributed by atoms with E-state index in [0.717, 1.165) is 24.8 Å². The van der Waals surface area contributed by atoms with Crippen molar-refractivity contribution in [3.8, 4) is 0 Å². The van der Waals surface area contributed by atoms with E-state index in [1.54, 1.807) is 21.3 Å². The molecule has 20 atom stereocenters. The largest absolute Gasteiger partial charge is 0.462 e. The normalized spacial score (nSPS) is 43.4. The Labute approximate surface area is 370 Å². The van der Waals surface area contributed by atoms with Crippen LogP contribution in [0.4, 0.5) is 0 Å². The lowest BCUT2D eigenvalue weighted by atomic mass is 9.62. The van der Waals surface area contributed by atoms with Crippen molar-refractivity contribution in [3.63, 3.8) is 0 Å². The molecule has 6 aliphatic rings. The quantitative estimate of drug-likeness (QED) is 0.237. The minimum absolute atomic E-state index is 0.00219. The summed E-state index contributed by atoms with van der Waals surface area (Å²) in [6, 6.07) is 9.99. The molecule has 2 N–H and O–H groups in total. The van der Waals surface area contributed by atoms with Crippen LogP contribution in [0.1, 0.15) is 104 Å². The van der Waals surface area contributed by atoms with E-state index < -0.39 is 48.8 Å². The van der Waals surface area contributed by atoms with Crippen LogP contribution >= 0.6 is 0 Å². The van der Waals surface area contributed by atoms with Gasteiger partial charge in [-0.15, -0.1) is 0 Å². The number of benzene rings is 1. The number of rotatable bonds is 12. The Morgan fingerprint density at radius 2 is 1.58 bits per heavy atom. The number of ketones is 1. The molecule has 0 amide bonds. The first-order valence-corrected chi connectivity index (χ1v) is 23.6. The zero-order valence-electron chi connectivity index (χ0n) is 38.9. The molecule has 0 radical (unpaired) electrons. The minimum atomic E-state index is -0.774. The molecule has 0 aromatic heterocycles. The predicted molar refractivity (Wildman–Crippen MR) is 233 cm³/mol. The van der Waals surface area contributed by atoms with Gasteiger partial charge in [0, 0.05) is 51.3 Å². The second-order valence-corrected chi connectivity index (χ2v) is 19.4.